The maximum absolute atomic E-state index is 3.13. The fourth-order valence-electron chi connectivity index (χ4n) is 7.84. The van der Waals surface area contributed by atoms with Gasteiger partial charge >= 0.3 is 0 Å². The highest BCUT2D eigenvalue weighted by molar-refractivity contribution is 7.99. The molecule has 2 heterocycles. The van der Waals surface area contributed by atoms with Crippen molar-refractivity contribution >= 4 is 40.8 Å². The molecule has 6 heteroatoms. The average Bonchev–Trinajstić information content (AvgIpc) is 3.30. The Balaban J connectivity index is 2.07. The molecule has 0 fully saturated rings. The minimum atomic E-state index is -1.57. The van der Waals surface area contributed by atoms with Gasteiger partial charge in [0, 0.05) is 27.3 Å². The van der Waals surface area contributed by atoms with Crippen LogP contribution >= 0.6 is 30.2 Å². The molecule has 4 aliphatic rings. The highest BCUT2D eigenvalue weighted by Gasteiger charge is 2.62. The fourth-order valence-corrected chi connectivity index (χ4v) is 34.0. The number of allylic oxidation sites excluding steroid dienone is 4. The molecule has 0 radical (unpaired) electrons. The number of rotatable bonds is 2. The van der Waals surface area contributed by atoms with Crippen LogP contribution in [0.2, 0.25) is 0 Å². The third-order valence-electron chi connectivity index (χ3n) is 9.10. The molecule has 2 aliphatic carbocycles. The van der Waals surface area contributed by atoms with E-state index in [2.05, 4.69) is 117 Å². The predicted octanol–water partition coefficient (Wildman–Crippen LogP) is 8.91. The largest absolute Gasteiger partial charge is 0.255 e. The van der Waals surface area contributed by atoms with Crippen molar-refractivity contribution in [3.63, 3.8) is 0 Å². The van der Waals surface area contributed by atoms with Gasteiger partial charge in [-0.05, 0) is 150 Å². The van der Waals surface area contributed by atoms with Gasteiger partial charge in [0.2, 0.25) is 0 Å². The zero-order valence-corrected chi connectivity index (χ0v) is 27.5. The van der Waals surface area contributed by atoms with Gasteiger partial charge in [0.25, 0.3) is 0 Å². The highest BCUT2D eigenvalue weighted by atomic mass is 31.3. The second-order valence-electron chi connectivity index (χ2n) is 13.7. The van der Waals surface area contributed by atoms with Crippen LogP contribution < -0.4 is 0 Å². The zero-order valence-electron chi connectivity index (χ0n) is 23.9. The predicted molar refractivity (Wildman–Crippen MR) is 163 cm³/mol. The summed E-state index contributed by atoms with van der Waals surface area (Å²) in [6.45, 7) is 36.0. The second kappa shape index (κ2) is 7.93. The van der Waals surface area contributed by atoms with E-state index in [0.717, 1.165) is 0 Å². The third kappa shape index (κ3) is 3.48. The van der Waals surface area contributed by atoms with E-state index in [-0.39, 0.29) is 32.1 Å². The van der Waals surface area contributed by atoms with Crippen LogP contribution in [0.3, 0.4) is 0 Å². The minimum Gasteiger partial charge on any atom is -0.255 e. The van der Waals surface area contributed by atoms with E-state index in [1.54, 1.807) is 11.1 Å². The van der Waals surface area contributed by atoms with Crippen molar-refractivity contribution in [2.24, 2.45) is 0 Å². The summed E-state index contributed by atoms with van der Waals surface area (Å²) in [4.78, 5) is 0.277. The van der Waals surface area contributed by atoms with Crippen molar-refractivity contribution in [2.45, 2.75) is 109 Å². The average molecular weight is 527 g/mol. The summed E-state index contributed by atoms with van der Waals surface area (Å²) in [5.74, 6) is 0. The van der Waals surface area contributed by atoms with Gasteiger partial charge in [-0.1, -0.05) is 23.3 Å². The van der Waals surface area contributed by atoms with Crippen molar-refractivity contribution in [3.05, 3.63) is 23.3 Å². The van der Waals surface area contributed by atoms with Gasteiger partial charge in [0.15, 0.2) is 0 Å². The standard InChI is InChI=1S/C27H50N2P4/c1-19-15-21-23(17-19)32(13,28(30(21)11)25(3,4)5)27(9,10)33(14)24-18-20(2)16-22(24)31(12)29(33)26(6,7)8/h15-16,21-22H,17-18H2,1-14H3. The minimum absolute atomic E-state index is 0.197. The maximum Gasteiger partial charge on any atom is 0.0335 e. The van der Waals surface area contributed by atoms with Crippen molar-refractivity contribution in [1.29, 1.82) is 0 Å². The third-order valence-corrected chi connectivity index (χ3v) is 30.7. The molecule has 0 saturated carbocycles. The highest BCUT2D eigenvalue weighted by Crippen LogP contribution is 2.90. The molecule has 0 aromatic rings. The Kier molecular flexibility index (Phi) is 6.47. The van der Waals surface area contributed by atoms with Crippen LogP contribution in [0.15, 0.2) is 23.3 Å². The molecule has 0 bridgehead atoms. The van der Waals surface area contributed by atoms with Crippen LogP contribution in [0.1, 0.15) is 82.1 Å². The SMILES string of the molecule is CC1=CC2C(=P(C)(C(C)(C)P3(C)=C4CC(C)=CC4P(C)N3C(C)(C)C)N(C(C)(C)C)P2C)C1. The summed E-state index contributed by atoms with van der Waals surface area (Å²) in [6.07, 6.45) is 7.85. The summed E-state index contributed by atoms with van der Waals surface area (Å²) in [5.41, 5.74) is 5.09. The van der Waals surface area contributed by atoms with E-state index < -0.39 is 14.1 Å². The van der Waals surface area contributed by atoms with Crippen molar-refractivity contribution in [3.8, 4) is 0 Å². The van der Waals surface area contributed by atoms with E-state index in [9.17, 15) is 0 Å². The maximum atomic E-state index is 3.13. The van der Waals surface area contributed by atoms with Gasteiger partial charge in [-0.3, -0.25) is 8.88 Å². The molecule has 6 atom stereocenters. The van der Waals surface area contributed by atoms with E-state index in [4.69, 9.17) is 0 Å². The van der Waals surface area contributed by atoms with Crippen LogP contribution in [0.25, 0.3) is 0 Å². The summed E-state index contributed by atoms with van der Waals surface area (Å²) in [7, 11) is -3.53. The molecule has 188 valence electrons. The molecule has 0 N–H and O–H groups in total. The Labute approximate surface area is 208 Å². The second-order valence-corrected chi connectivity index (χ2v) is 26.9. The summed E-state index contributed by atoms with van der Waals surface area (Å²) >= 11 is 0. The van der Waals surface area contributed by atoms with Crippen LogP contribution in [-0.4, -0.2) is 73.4 Å². The van der Waals surface area contributed by atoms with Crippen LogP contribution in [0.4, 0.5) is 0 Å². The Morgan fingerprint density at radius 3 is 1.27 bits per heavy atom. The van der Waals surface area contributed by atoms with Gasteiger partial charge in [-0.25, -0.2) is 0 Å². The molecule has 33 heavy (non-hydrogen) atoms. The van der Waals surface area contributed by atoms with Gasteiger partial charge in [-0.15, -0.1) is 0 Å². The molecular weight excluding hydrogens is 476 g/mol. The summed E-state index contributed by atoms with van der Waals surface area (Å²) in [6, 6.07) is 0. The number of hydrogen-bond acceptors (Lipinski definition) is 2. The monoisotopic (exact) mass is 526 g/mol. The van der Waals surface area contributed by atoms with Crippen molar-refractivity contribution < 1.29 is 0 Å². The van der Waals surface area contributed by atoms with Gasteiger partial charge in [-0.2, -0.15) is 0 Å². The normalized spacial score (nSPS) is 40.4. The van der Waals surface area contributed by atoms with Gasteiger partial charge in [0.05, 0.1) is 0 Å². The first kappa shape index (κ1) is 26.9. The first-order chi connectivity index (χ1) is 14.8. The quantitative estimate of drug-likeness (QED) is 0.262. The van der Waals surface area contributed by atoms with Crippen molar-refractivity contribution in [1.82, 2.24) is 8.88 Å². The fraction of sp³-hybridized carbons (Fsp3) is 0.778. The van der Waals surface area contributed by atoms with E-state index in [1.165, 1.54) is 12.8 Å². The number of fused-ring (bicyclic) bond motifs is 2. The Morgan fingerprint density at radius 1 is 0.697 bits per heavy atom. The Bertz CT molecular complexity index is 965. The molecule has 0 saturated heterocycles. The van der Waals surface area contributed by atoms with Crippen molar-refractivity contribution in [2.75, 3.05) is 26.7 Å². The molecular formula is C27H50N2P4. The lowest BCUT2D eigenvalue weighted by Gasteiger charge is -2.59. The van der Waals surface area contributed by atoms with Gasteiger partial charge in [0.1, 0.15) is 0 Å². The summed E-state index contributed by atoms with van der Waals surface area (Å²) in [5, 5.41) is 3.88. The van der Waals surface area contributed by atoms with Crippen LogP contribution in [0.5, 0.6) is 0 Å². The smallest absolute Gasteiger partial charge is 0.0335 e. The Morgan fingerprint density at radius 2 is 1.00 bits per heavy atom. The first-order valence-corrected chi connectivity index (χ1v) is 20.7. The molecule has 0 aromatic carbocycles. The Hall–Kier alpha value is 0.860. The molecule has 0 amide bonds. The first-order valence-electron chi connectivity index (χ1n) is 12.7. The zero-order chi connectivity index (χ0) is 25.1. The lowest BCUT2D eigenvalue weighted by Crippen LogP contribution is -2.44. The van der Waals surface area contributed by atoms with E-state index in [0.29, 0.717) is 11.3 Å². The lowest BCUT2D eigenvalue weighted by atomic mass is 10.1. The number of hydrogen-bond donors (Lipinski definition) is 0. The lowest BCUT2D eigenvalue weighted by molar-refractivity contribution is 0.382. The summed E-state index contributed by atoms with van der Waals surface area (Å²) < 4.78 is 6.26. The molecule has 0 aromatic heterocycles. The van der Waals surface area contributed by atoms with E-state index >= 15 is 0 Å². The molecule has 4 rings (SSSR count). The molecule has 2 nitrogen and oxygen atoms in total. The van der Waals surface area contributed by atoms with Crippen LogP contribution in [-0.2, 0) is 0 Å². The van der Waals surface area contributed by atoms with Gasteiger partial charge < -0.3 is 0 Å². The van der Waals surface area contributed by atoms with E-state index in [1.807, 2.05) is 10.6 Å². The molecule has 2 aliphatic heterocycles. The molecule has 6 unspecified atom stereocenters. The molecule has 0 spiro atoms. The topological polar surface area (TPSA) is 6.48 Å². The number of nitrogens with zero attached hydrogens (tertiary/aromatic N) is 2. The van der Waals surface area contributed by atoms with Crippen LogP contribution in [0, 0.1) is 0 Å².